The van der Waals surface area contributed by atoms with E-state index in [1.807, 2.05) is 26.0 Å². The van der Waals surface area contributed by atoms with Crippen LogP contribution < -0.4 is 9.80 Å². The average Bonchev–Trinajstić information content (AvgIpc) is 2.83. The Morgan fingerprint density at radius 2 is 1.48 bits per heavy atom. The van der Waals surface area contributed by atoms with Gasteiger partial charge >= 0.3 is 0 Å². The number of aromatic nitrogens is 3. The molecule has 172 valence electrons. The summed E-state index contributed by atoms with van der Waals surface area (Å²) in [4.78, 5) is 33.8. The zero-order chi connectivity index (χ0) is 22.9. The van der Waals surface area contributed by atoms with Crippen molar-refractivity contribution in [2.24, 2.45) is 5.92 Å². The highest BCUT2D eigenvalue weighted by molar-refractivity contribution is 5.84. The van der Waals surface area contributed by atoms with E-state index in [0.29, 0.717) is 5.91 Å². The Kier molecular flexibility index (Phi) is 5.87. The van der Waals surface area contributed by atoms with Gasteiger partial charge in [0.05, 0.1) is 5.52 Å². The molecule has 0 saturated carbocycles. The van der Waals surface area contributed by atoms with Crippen LogP contribution in [0.2, 0.25) is 0 Å². The monoisotopic (exact) mass is 444 g/mol. The van der Waals surface area contributed by atoms with Crippen molar-refractivity contribution in [2.75, 3.05) is 49.1 Å². The van der Waals surface area contributed by atoms with Gasteiger partial charge in [-0.1, -0.05) is 18.2 Å². The van der Waals surface area contributed by atoms with Crippen LogP contribution in [0.4, 0.5) is 11.8 Å². The second-order valence-corrected chi connectivity index (χ2v) is 9.34. The van der Waals surface area contributed by atoms with E-state index in [9.17, 15) is 4.79 Å². The van der Waals surface area contributed by atoms with Crippen molar-refractivity contribution in [1.82, 2.24) is 19.9 Å². The van der Waals surface area contributed by atoms with Crippen LogP contribution in [0.25, 0.3) is 10.9 Å². The lowest BCUT2D eigenvalue weighted by Gasteiger charge is -2.39. The van der Waals surface area contributed by atoms with Crippen LogP contribution in [0.3, 0.4) is 0 Å². The third-order valence-corrected chi connectivity index (χ3v) is 6.92. The Hall–Kier alpha value is -3.22. The van der Waals surface area contributed by atoms with Gasteiger partial charge < -0.3 is 14.7 Å². The van der Waals surface area contributed by atoms with E-state index < -0.39 is 0 Å². The zero-order valence-corrected chi connectivity index (χ0v) is 19.8. The van der Waals surface area contributed by atoms with Gasteiger partial charge in [-0.05, 0) is 57.4 Å². The van der Waals surface area contributed by atoms with Crippen LogP contribution in [0.1, 0.15) is 29.8 Å². The fraction of sp³-hybridized carbons (Fsp3) is 0.462. The third kappa shape index (κ3) is 4.49. The first-order chi connectivity index (χ1) is 16.0. The molecule has 0 aliphatic carbocycles. The maximum Gasteiger partial charge on any atom is 0.225 e. The van der Waals surface area contributed by atoms with Crippen molar-refractivity contribution < 1.29 is 4.79 Å². The number of carbonyl (C=O) groups excluding carboxylic acids is 1. The second-order valence-electron chi connectivity index (χ2n) is 9.34. The standard InChI is InChI=1S/C26H32N6O/c1-18-16-24(29-23-7-5-4-6-22(18)23)30-12-14-31(15-13-30)25(33)21-8-10-32(11-9-21)26-27-19(2)17-20(3)28-26/h4-7,16-17,21H,8-15H2,1-3H3. The SMILES string of the molecule is Cc1cc(C)nc(N2CCC(C(=O)N3CCN(c4cc(C)c5ccccc5n4)CC3)CC2)n1. The number of carbonyl (C=O) groups is 1. The third-order valence-electron chi connectivity index (χ3n) is 6.92. The Labute approximate surface area is 195 Å². The van der Waals surface area contributed by atoms with Crippen molar-refractivity contribution in [2.45, 2.75) is 33.6 Å². The number of anilines is 2. The Balaban J connectivity index is 1.18. The van der Waals surface area contributed by atoms with Crippen molar-refractivity contribution in [3.63, 3.8) is 0 Å². The first-order valence-corrected chi connectivity index (χ1v) is 12.0. The maximum atomic E-state index is 13.2. The summed E-state index contributed by atoms with van der Waals surface area (Å²) < 4.78 is 0. The number of aryl methyl sites for hydroxylation is 3. The van der Waals surface area contributed by atoms with Gasteiger partial charge in [0, 0.05) is 62.0 Å². The molecule has 7 nitrogen and oxygen atoms in total. The van der Waals surface area contributed by atoms with Crippen molar-refractivity contribution in [3.8, 4) is 0 Å². The number of hydrogen-bond donors (Lipinski definition) is 0. The highest BCUT2D eigenvalue weighted by Gasteiger charge is 2.31. The van der Waals surface area contributed by atoms with Gasteiger partial charge in [0.2, 0.25) is 11.9 Å². The fourth-order valence-corrected chi connectivity index (χ4v) is 5.08. The molecule has 33 heavy (non-hydrogen) atoms. The van der Waals surface area contributed by atoms with Gasteiger partial charge in [-0.15, -0.1) is 0 Å². The van der Waals surface area contributed by atoms with Crippen LogP contribution in [-0.2, 0) is 4.79 Å². The first-order valence-electron chi connectivity index (χ1n) is 12.0. The highest BCUT2D eigenvalue weighted by Crippen LogP contribution is 2.26. The van der Waals surface area contributed by atoms with Crippen LogP contribution in [0.5, 0.6) is 0 Å². The number of hydrogen-bond acceptors (Lipinski definition) is 6. The molecule has 2 aliphatic rings. The Bertz CT molecular complexity index is 1140. The molecule has 0 unspecified atom stereocenters. The minimum Gasteiger partial charge on any atom is -0.353 e. The first kappa shape index (κ1) is 21.6. The summed E-state index contributed by atoms with van der Waals surface area (Å²) in [7, 11) is 0. The Morgan fingerprint density at radius 1 is 0.818 bits per heavy atom. The average molecular weight is 445 g/mol. The summed E-state index contributed by atoms with van der Waals surface area (Å²) in [5, 5.41) is 1.20. The molecular formula is C26H32N6O. The number of amides is 1. The quantitative estimate of drug-likeness (QED) is 0.616. The lowest BCUT2D eigenvalue weighted by atomic mass is 9.95. The van der Waals surface area contributed by atoms with Gasteiger partial charge in [-0.25, -0.2) is 15.0 Å². The molecule has 2 fully saturated rings. The number of rotatable bonds is 3. The largest absolute Gasteiger partial charge is 0.353 e. The number of piperidine rings is 1. The van der Waals surface area contributed by atoms with Crippen LogP contribution in [0, 0.1) is 26.7 Å². The van der Waals surface area contributed by atoms with Gasteiger partial charge in [-0.3, -0.25) is 4.79 Å². The highest BCUT2D eigenvalue weighted by atomic mass is 16.2. The molecule has 1 amide bonds. The number of para-hydroxylation sites is 1. The van der Waals surface area contributed by atoms with E-state index in [1.54, 1.807) is 0 Å². The Morgan fingerprint density at radius 3 is 2.18 bits per heavy atom. The molecule has 1 aromatic carbocycles. The normalized spacial score (nSPS) is 17.6. The predicted molar refractivity (Wildman–Crippen MR) is 132 cm³/mol. The zero-order valence-electron chi connectivity index (χ0n) is 19.8. The lowest BCUT2D eigenvalue weighted by molar-refractivity contribution is -0.136. The van der Waals surface area contributed by atoms with Crippen LogP contribution >= 0.6 is 0 Å². The lowest BCUT2D eigenvalue weighted by Crippen LogP contribution is -2.52. The van der Waals surface area contributed by atoms with E-state index in [2.05, 4.69) is 55.9 Å². The van der Waals surface area contributed by atoms with Crippen molar-refractivity contribution >= 4 is 28.6 Å². The van der Waals surface area contributed by atoms with E-state index in [0.717, 1.165) is 80.8 Å². The van der Waals surface area contributed by atoms with Gasteiger partial charge in [0.25, 0.3) is 0 Å². The van der Waals surface area contributed by atoms with E-state index in [-0.39, 0.29) is 5.92 Å². The predicted octanol–water partition coefficient (Wildman–Crippen LogP) is 3.52. The summed E-state index contributed by atoms with van der Waals surface area (Å²) in [6.07, 6.45) is 1.72. The van der Waals surface area contributed by atoms with Crippen LogP contribution in [0.15, 0.2) is 36.4 Å². The van der Waals surface area contributed by atoms with Crippen molar-refractivity contribution in [3.05, 3.63) is 53.3 Å². The molecule has 2 saturated heterocycles. The van der Waals surface area contributed by atoms with Gasteiger partial charge in [-0.2, -0.15) is 0 Å². The van der Waals surface area contributed by atoms with Crippen molar-refractivity contribution in [1.29, 1.82) is 0 Å². The summed E-state index contributed by atoms with van der Waals surface area (Å²) >= 11 is 0. The van der Waals surface area contributed by atoms with E-state index >= 15 is 0 Å². The topological polar surface area (TPSA) is 65.5 Å². The number of fused-ring (bicyclic) bond motifs is 1. The molecule has 0 N–H and O–H groups in total. The summed E-state index contributed by atoms with van der Waals surface area (Å²) in [5.41, 5.74) is 4.26. The molecular weight excluding hydrogens is 412 g/mol. The molecule has 7 heteroatoms. The molecule has 5 rings (SSSR count). The molecule has 4 heterocycles. The number of nitrogens with zero attached hydrogens (tertiary/aromatic N) is 6. The number of pyridine rings is 1. The number of piperazine rings is 1. The molecule has 2 aliphatic heterocycles. The summed E-state index contributed by atoms with van der Waals surface area (Å²) in [6, 6.07) is 12.4. The number of benzene rings is 1. The van der Waals surface area contributed by atoms with E-state index in [4.69, 9.17) is 4.98 Å². The molecule has 0 atom stereocenters. The fourth-order valence-electron chi connectivity index (χ4n) is 5.08. The molecule has 2 aromatic heterocycles. The van der Waals surface area contributed by atoms with Crippen LogP contribution in [-0.4, -0.2) is 65.0 Å². The minimum absolute atomic E-state index is 0.0970. The van der Waals surface area contributed by atoms with Gasteiger partial charge in [0.15, 0.2) is 0 Å². The molecule has 3 aromatic rings. The molecule has 0 spiro atoms. The molecule has 0 bridgehead atoms. The van der Waals surface area contributed by atoms with Gasteiger partial charge in [0.1, 0.15) is 5.82 Å². The van der Waals surface area contributed by atoms with E-state index in [1.165, 1.54) is 10.9 Å². The second kappa shape index (κ2) is 8.96. The minimum atomic E-state index is 0.0970. The maximum absolute atomic E-state index is 13.2. The molecule has 0 radical (unpaired) electrons. The smallest absolute Gasteiger partial charge is 0.225 e. The summed E-state index contributed by atoms with van der Waals surface area (Å²) in [5.74, 6) is 2.21. The summed E-state index contributed by atoms with van der Waals surface area (Å²) in [6.45, 7) is 11.0.